The molecule has 1 aromatic carbocycles. The van der Waals surface area contributed by atoms with E-state index >= 15 is 0 Å². The maximum atomic E-state index is 12.8. The molecule has 0 radical (unpaired) electrons. The largest absolute Gasteiger partial charge is 0.313 e. The molecule has 0 saturated carbocycles. The van der Waals surface area contributed by atoms with Crippen molar-refractivity contribution in [2.24, 2.45) is 0 Å². The van der Waals surface area contributed by atoms with Crippen LogP contribution in [0.15, 0.2) is 47.8 Å². The number of likely N-dealkylation sites (N-methyl/N-ethyl adjacent to an activating group) is 1. The Labute approximate surface area is 180 Å². The molecule has 4 rings (SSSR count). The summed E-state index contributed by atoms with van der Waals surface area (Å²) in [5, 5.41) is 6.15. The van der Waals surface area contributed by atoms with Gasteiger partial charge in [0.05, 0.1) is 10.9 Å². The molecule has 1 aliphatic rings. The quantitative estimate of drug-likeness (QED) is 0.624. The Bertz CT molecular complexity index is 958. The zero-order valence-electron chi connectivity index (χ0n) is 17.1. The van der Waals surface area contributed by atoms with Gasteiger partial charge in [0, 0.05) is 36.6 Å². The first-order valence-corrected chi connectivity index (χ1v) is 11.7. The molecule has 1 saturated heterocycles. The van der Waals surface area contributed by atoms with E-state index < -0.39 is 0 Å². The third-order valence-electron chi connectivity index (χ3n) is 5.70. The molecular formula is C23H27N3OS2. The fourth-order valence-corrected chi connectivity index (χ4v) is 5.62. The van der Waals surface area contributed by atoms with Gasteiger partial charge in [-0.15, -0.1) is 22.7 Å². The van der Waals surface area contributed by atoms with Crippen LogP contribution in [0, 0.1) is 13.8 Å². The van der Waals surface area contributed by atoms with Crippen molar-refractivity contribution in [3.8, 4) is 0 Å². The predicted molar refractivity (Wildman–Crippen MR) is 123 cm³/mol. The lowest BCUT2D eigenvalue weighted by Crippen LogP contribution is -2.46. The van der Waals surface area contributed by atoms with Crippen molar-refractivity contribution in [1.82, 2.24) is 9.80 Å². The van der Waals surface area contributed by atoms with Crippen LogP contribution in [0.1, 0.15) is 37.3 Å². The normalized spacial score (nSPS) is 16.7. The zero-order valence-corrected chi connectivity index (χ0v) is 18.8. The predicted octanol–water partition coefficient (Wildman–Crippen LogP) is 5.02. The van der Waals surface area contributed by atoms with Crippen molar-refractivity contribution < 1.29 is 4.79 Å². The van der Waals surface area contributed by atoms with Crippen molar-refractivity contribution in [2.75, 3.05) is 38.5 Å². The van der Waals surface area contributed by atoms with E-state index in [4.69, 9.17) is 0 Å². The summed E-state index contributed by atoms with van der Waals surface area (Å²) in [6.07, 6.45) is 0. The van der Waals surface area contributed by atoms with Gasteiger partial charge in [-0.2, -0.15) is 0 Å². The van der Waals surface area contributed by atoms with Gasteiger partial charge in [-0.3, -0.25) is 9.69 Å². The average molecular weight is 426 g/mol. The molecule has 2 aromatic heterocycles. The van der Waals surface area contributed by atoms with Gasteiger partial charge in [0.15, 0.2) is 0 Å². The van der Waals surface area contributed by atoms with Crippen molar-refractivity contribution in [1.29, 1.82) is 0 Å². The minimum Gasteiger partial charge on any atom is -0.313 e. The molecule has 152 valence electrons. The Morgan fingerprint density at radius 2 is 1.76 bits per heavy atom. The first kappa shape index (κ1) is 20.3. The van der Waals surface area contributed by atoms with E-state index in [2.05, 4.69) is 66.3 Å². The molecule has 3 heterocycles. The molecule has 1 amide bonds. The van der Waals surface area contributed by atoms with Gasteiger partial charge in [0.25, 0.3) is 5.91 Å². The molecular weight excluding hydrogens is 398 g/mol. The Balaban J connectivity index is 1.75. The van der Waals surface area contributed by atoms with Crippen LogP contribution in [-0.2, 0) is 0 Å². The van der Waals surface area contributed by atoms with Crippen LogP contribution in [0.5, 0.6) is 0 Å². The Kier molecular flexibility index (Phi) is 6.15. The Hall–Kier alpha value is -1.99. The number of nitrogens with one attached hydrogen (secondary N) is 1. The van der Waals surface area contributed by atoms with E-state index in [-0.39, 0.29) is 11.9 Å². The van der Waals surface area contributed by atoms with Crippen molar-refractivity contribution in [2.45, 2.75) is 19.9 Å². The molecule has 6 heteroatoms. The second-order valence-corrected chi connectivity index (χ2v) is 9.78. The number of hydrogen-bond donors (Lipinski definition) is 1. The third-order valence-corrected chi connectivity index (χ3v) is 7.70. The number of amides is 1. The van der Waals surface area contributed by atoms with E-state index in [0.717, 1.165) is 36.1 Å². The molecule has 4 nitrogen and oxygen atoms in total. The van der Waals surface area contributed by atoms with Gasteiger partial charge in [0.2, 0.25) is 0 Å². The summed E-state index contributed by atoms with van der Waals surface area (Å²) in [7, 11) is 2.18. The van der Waals surface area contributed by atoms with E-state index in [1.165, 1.54) is 32.9 Å². The standard InChI is InChI=1S/C23H27N3OS2/c1-16-17(2)29-23(24-22(27)19-10-7-15-28-19)20(16)21(18-8-5-4-6-9-18)26-13-11-25(3)12-14-26/h4-10,15,21H,11-14H2,1-3H3,(H,24,27). The van der Waals surface area contributed by atoms with E-state index in [1.54, 1.807) is 11.3 Å². The number of piperazine rings is 1. The second-order valence-electron chi connectivity index (χ2n) is 7.61. The Morgan fingerprint density at radius 3 is 2.41 bits per heavy atom. The highest BCUT2D eigenvalue weighted by Crippen LogP contribution is 2.42. The molecule has 1 unspecified atom stereocenters. The lowest BCUT2D eigenvalue weighted by atomic mass is 9.94. The molecule has 0 spiro atoms. The van der Waals surface area contributed by atoms with Crippen LogP contribution in [0.3, 0.4) is 0 Å². The fourth-order valence-electron chi connectivity index (χ4n) is 3.91. The summed E-state index contributed by atoms with van der Waals surface area (Å²) in [6.45, 7) is 8.49. The first-order valence-electron chi connectivity index (χ1n) is 9.97. The van der Waals surface area contributed by atoms with Crippen LogP contribution in [0.4, 0.5) is 5.00 Å². The lowest BCUT2D eigenvalue weighted by Gasteiger charge is -2.39. The van der Waals surface area contributed by atoms with Gasteiger partial charge < -0.3 is 10.2 Å². The van der Waals surface area contributed by atoms with Gasteiger partial charge >= 0.3 is 0 Å². The van der Waals surface area contributed by atoms with E-state index in [1.807, 2.05) is 17.5 Å². The van der Waals surface area contributed by atoms with Crippen LogP contribution < -0.4 is 5.32 Å². The monoisotopic (exact) mass is 425 g/mol. The maximum Gasteiger partial charge on any atom is 0.266 e. The number of rotatable bonds is 5. The number of thiophene rings is 2. The highest BCUT2D eigenvalue weighted by Gasteiger charge is 2.31. The smallest absolute Gasteiger partial charge is 0.266 e. The number of aryl methyl sites for hydroxylation is 1. The number of hydrogen-bond acceptors (Lipinski definition) is 5. The van der Waals surface area contributed by atoms with E-state index in [9.17, 15) is 4.79 Å². The number of benzene rings is 1. The van der Waals surface area contributed by atoms with Gasteiger partial charge in [-0.05, 0) is 43.5 Å². The first-order chi connectivity index (χ1) is 14.0. The summed E-state index contributed by atoms with van der Waals surface area (Å²) >= 11 is 3.17. The van der Waals surface area contributed by atoms with E-state index in [0.29, 0.717) is 0 Å². The highest BCUT2D eigenvalue weighted by molar-refractivity contribution is 7.17. The SMILES string of the molecule is Cc1sc(NC(=O)c2cccs2)c(C(c2ccccc2)N2CCN(C)CC2)c1C. The number of nitrogens with zero attached hydrogens (tertiary/aromatic N) is 2. The summed E-state index contributed by atoms with van der Waals surface area (Å²) in [5.41, 5.74) is 3.81. The molecule has 0 aliphatic carbocycles. The number of anilines is 1. The lowest BCUT2D eigenvalue weighted by molar-refractivity contribution is 0.103. The molecule has 29 heavy (non-hydrogen) atoms. The minimum atomic E-state index is -0.0207. The van der Waals surface area contributed by atoms with Crippen LogP contribution in [0.25, 0.3) is 0 Å². The summed E-state index contributed by atoms with van der Waals surface area (Å²) in [4.78, 5) is 19.8. The van der Waals surface area contributed by atoms with Crippen LogP contribution >= 0.6 is 22.7 Å². The Morgan fingerprint density at radius 1 is 1.03 bits per heavy atom. The molecule has 3 aromatic rings. The van der Waals surface area contributed by atoms with Gasteiger partial charge in [0.1, 0.15) is 5.00 Å². The van der Waals surface area contributed by atoms with Crippen LogP contribution in [0.2, 0.25) is 0 Å². The highest BCUT2D eigenvalue weighted by atomic mass is 32.1. The number of carbonyl (C=O) groups is 1. The minimum absolute atomic E-state index is 0.0207. The summed E-state index contributed by atoms with van der Waals surface area (Å²) in [5.74, 6) is -0.0207. The molecule has 0 bridgehead atoms. The maximum absolute atomic E-state index is 12.8. The molecule has 1 fully saturated rings. The average Bonchev–Trinajstić information content (AvgIpc) is 3.35. The van der Waals surface area contributed by atoms with Crippen LogP contribution in [-0.4, -0.2) is 48.9 Å². The second kappa shape index (κ2) is 8.79. The molecule has 1 aliphatic heterocycles. The summed E-state index contributed by atoms with van der Waals surface area (Å²) < 4.78 is 0. The van der Waals surface area contributed by atoms with Crippen molar-refractivity contribution in [3.63, 3.8) is 0 Å². The zero-order chi connectivity index (χ0) is 20.4. The summed E-state index contributed by atoms with van der Waals surface area (Å²) in [6, 6.07) is 14.6. The number of carbonyl (C=O) groups excluding carboxylic acids is 1. The fraction of sp³-hybridized carbons (Fsp3) is 0.348. The van der Waals surface area contributed by atoms with Crippen molar-refractivity contribution in [3.05, 3.63) is 74.3 Å². The third kappa shape index (κ3) is 4.31. The molecule has 1 atom stereocenters. The molecule has 1 N–H and O–H groups in total. The van der Waals surface area contributed by atoms with Crippen molar-refractivity contribution >= 4 is 33.6 Å². The van der Waals surface area contributed by atoms with Gasteiger partial charge in [-0.25, -0.2) is 0 Å². The topological polar surface area (TPSA) is 35.6 Å². The van der Waals surface area contributed by atoms with Gasteiger partial charge in [-0.1, -0.05) is 36.4 Å².